The first-order valence-electron chi connectivity index (χ1n) is 10.3. The highest BCUT2D eigenvalue weighted by atomic mass is 79.9. The number of primary amides is 2. The number of carboxylic acids is 2. The molecule has 3 rings (SSSR count). The highest BCUT2D eigenvalue weighted by Gasteiger charge is 2.24. The number of hydrogen-bond acceptors (Lipinski definition) is 12. The Kier molecular flexibility index (Phi) is 16.0. The largest absolute Gasteiger partial charge is 0.478 e. The number of nitrogens with one attached hydrogen (secondary N) is 1. The summed E-state index contributed by atoms with van der Waals surface area (Å²) < 4.78 is 4.32. The van der Waals surface area contributed by atoms with Crippen molar-refractivity contribution in [2.45, 2.75) is 15.5 Å². The lowest BCUT2D eigenvalue weighted by atomic mass is 10.2. The Morgan fingerprint density at radius 1 is 1.05 bits per heavy atom. The maximum absolute atomic E-state index is 11.1. The number of oxime groups is 1. The van der Waals surface area contributed by atoms with E-state index in [1.54, 1.807) is 24.3 Å². The number of halogens is 1. The molecule has 10 N–H and O–H groups in total. The number of thioether (sulfide) groups is 1. The number of carboxylic acid groups (broad SMARTS) is 2. The average molecular weight is 675 g/mol. The zero-order valence-electron chi connectivity index (χ0n) is 20.6. The number of amides is 2. The fourth-order valence-corrected chi connectivity index (χ4v) is 3.61. The van der Waals surface area contributed by atoms with Gasteiger partial charge in [0, 0.05) is 20.3 Å². The van der Waals surface area contributed by atoms with Crippen molar-refractivity contribution in [3.05, 3.63) is 76.3 Å². The van der Waals surface area contributed by atoms with Gasteiger partial charge >= 0.3 is 11.9 Å². The lowest BCUT2D eigenvalue weighted by molar-refractivity contribution is -0.803. The van der Waals surface area contributed by atoms with Gasteiger partial charge in [0.25, 0.3) is 17.5 Å². The molecule has 1 aromatic heterocycles. The Bertz CT molecular complexity index is 1400. The molecule has 1 heterocycles. The molecular weight excluding hydrogens is 652 g/mol. The number of aromatic nitrogens is 2. The van der Waals surface area contributed by atoms with E-state index in [9.17, 15) is 24.4 Å². The summed E-state index contributed by atoms with van der Waals surface area (Å²) in [7, 11) is 0. The smallest absolute Gasteiger partial charge is 0.335 e. The number of hydrogen-bond donors (Lipinski definition) is 7. The van der Waals surface area contributed by atoms with Crippen LogP contribution in [0, 0.1) is 10.6 Å². The topological polar surface area (TPSA) is 302 Å². The van der Waals surface area contributed by atoms with E-state index in [1.807, 2.05) is 0 Å². The highest BCUT2D eigenvalue weighted by molar-refractivity contribution is 9.09. The maximum Gasteiger partial charge on any atom is 0.335 e. The van der Waals surface area contributed by atoms with Crippen molar-refractivity contribution in [3.8, 4) is 0 Å². The third-order valence-electron chi connectivity index (χ3n) is 4.26. The molecule has 0 fully saturated rings. The molecular formula is C22H23BrN6O10S2. The number of benzene rings is 2. The molecule has 0 radical (unpaired) electrons. The molecule has 0 unspecified atom stereocenters. The maximum atomic E-state index is 11.1. The monoisotopic (exact) mass is 674 g/mol. The number of rotatable bonds is 9. The Morgan fingerprint density at radius 3 is 1.90 bits per heavy atom. The fourth-order valence-electron chi connectivity index (χ4n) is 2.37. The third-order valence-corrected chi connectivity index (χ3v) is 6.14. The number of nitrogens with two attached hydrogens (primary N) is 2. The van der Waals surface area contributed by atoms with Gasteiger partial charge in [0.05, 0.1) is 22.6 Å². The van der Waals surface area contributed by atoms with Crippen LogP contribution in [0.4, 0.5) is 0 Å². The van der Waals surface area contributed by atoms with Crippen molar-refractivity contribution in [3.63, 3.8) is 0 Å². The standard InChI is InChI=1S/C11H9N3O5S.C7H6O2S.C4H6BrN3O2.H2O/c12-10(15)9-8(13-19-14(9)18)5-20-7-3-1-6(2-4-7)11(16)17;8-7(9)5-1-3-6(10)4-2-5;5-1-2(6)3(8-10)4(7)9;/h1-4H,5H2,(H2,12,15)(H,16,17);1-4,10H,(H,8,9);6,10H,1H2,(H2,7,9);1H2. The molecule has 0 aliphatic heterocycles. The second-order valence-corrected chi connectivity index (χ2v) is 9.11. The van der Waals surface area contributed by atoms with Crippen LogP contribution in [0.25, 0.3) is 0 Å². The summed E-state index contributed by atoms with van der Waals surface area (Å²) >= 11 is 8.17. The van der Waals surface area contributed by atoms with E-state index in [-0.39, 0.29) is 49.7 Å². The van der Waals surface area contributed by atoms with E-state index >= 15 is 0 Å². The van der Waals surface area contributed by atoms with Gasteiger partial charge in [-0.15, -0.1) is 24.4 Å². The molecule has 2 amide bonds. The van der Waals surface area contributed by atoms with E-state index in [0.717, 1.165) is 9.79 Å². The third kappa shape index (κ3) is 12.1. The van der Waals surface area contributed by atoms with Gasteiger partial charge < -0.3 is 43.0 Å². The number of carbonyl (C=O) groups is 4. The van der Waals surface area contributed by atoms with Crippen molar-refractivity contribution in [2.24, 2.45) is 16.6 Å². The van der Waals surface area contributed by atoms with Crippen molar-refractivity contribution in [1.82, 2.24) is 5.16 Å². The molecule has 3 aromatic rings. The van der Waals surface area contributed by atoms with Crippen LogP contribution >= 0.6 is 40.3 Å². The van der Waals surface area contributed by atoms with Crippen LogP contribution in [0.2, 0.25) is 0 Å². The molecule has 2 aromatic carbocycles. The summed E-state index contributed by atoms with van der Waals surface area (Å²) in [6, 6.07) is 12.5. The van der Waals surface area contributed by atoms with Crippen LogP contribution in [-0.2, 0) is 10.5 Å². The molecule has 0 bridgehead atoms. The van der Waals surface area contributed by atoms with Gasteiger partial charge in [-0.05, 0) is 53.4 Å². The van der Waals surface area contributed by atoms with Gasteiger partial charge in [-0.25, -0.2) is 9.59 Å². The summed E-state index contributed by atoms with van der Waals surface area (Å²) in [4.78, 5) is 43.8. The number of aromatic carboxylic acids is 2. The molecule has 0 aliphatic rings. The summed E-state index contributed by atoms with van der Waals surface area (Å²) in [6.45, 7) is 0. The number of thiol groups is 1. The fraction of sp³-hybridized carbons (Fsp3) is 0.0909. The Balaban J connectivity index is 0.000000645. The van der Waals surface area contributed by atoms with E-state index in [1.165, 1.54) is 36.0 Å². The van der Waals surface area contributed by atoms with Crippen LogP contribution in [-0.4, -0.2) is 66.6 Å². The van der Waals surface area contributed by atoms with Crippen LogP contribution in [0.15, 0.2) is 68.1 Å². The van der Waals surface area contributed by atoms with Gasteiger partial charge in [-0.1, -0.05) is 21.1 Å². The van der Waals surface area contributed by atoms with E-state index in [4.69, 9.17) is 32.3 Å². The number of carbonyl (C=O) groups excluding carboxylic acids is 2. The second-order valence-electron chi connectivity index (χ2n) is 6.98. The molecule has 0 atom stereocenters. The number of nitrogens with zero attached hydrogens (tertiary/aromatic N) is 3. The number of alkyl halides is 1. The first-order chi connectivity index (χ1) is 18.8. The van der Waals surface area contributed by atoms with Gasteiger partial charge in [-0.3, -0.25) is 14.2 Å². The molecule has 220 valence electrons. The average Bonchev–Trinajstić information content (AvgIpc) is 3.29. The minimum atomic E-state index is -1.01. The van der Waals surface area contributed by atoms with Crippen molar-refractivity contribution >= 4 is 75.5 Å². The molecule has 41 heavy (non-hydrogen) atoms. The second kappa shape index (κ2) is 18.0. The highest BCUT2D eigenvalue weighted by Crippen LogP contribution is 2.23. The predicted molar refractivity (Wildman–Crippen MR) is 151 cm³/mol. The SMILES string of the molecule is N=C(CBr)C(=NO)C(N)=O.NC(=O)c1c(CSc2ccc(C(=O)O)cc2)no[n+]1[O-].O.O=C(O)c1ccc(S)cc1. The first kappa shape index (κ1) is 36.5. The Hall–Kier alpha value is -4.46. The van der Waals surface area contributed by atoms with Gasteiger partial charge in [-0.2, -0.15) is 0 Å². The summed E-state index contributed by atoms with van der Waals surface area (Å²) in [6.07, 6.45) is 0. The Morgan fingerprint density at radius 2 is 1.54 bits per heavy atom. The lowest BCUT2D eigenvalue weighted by Crippen LogP contribution is -2.34. The molecule has 16 nitrogen and oxygen atoms in total. The molecule has 0 saturated carbocycles. The molecule has 0 saturated heterocycles. The van der Waals surface area contributed by atoms with Gasteiger partial charge in [0.1, 0.15) is 0 Å². The molecule has 19 heteroatoms. The van der Waals surface area contributed by atoms with Crippen molar-refractivity contribution in [2.75, 3.05) is 5.33 Å². The predicted octanol–water partition coefficient (Wildman–Crippen LogP) is 0.963. The zero-order valence-corrected chi connectivity index (χ0v) is 23.9. The molecule has 0 spiro atoms. The van der Waals surface area contributed by atoms with Gasteiger partial charge in [0.2, 0.25) is 5.69 Å². The summed E-state index contributed by atoms with van der Waals surface area (Å²) in [5.74, 6) is -3.55. The van der Waals surface area contributed by atoms with Crippen LogP contribution < -0.4 is 16.4 Å². The molecule has 0 aliphatic carbocycles. The van der Waals surface area contributed by atoms with E-state index in [2.05, 4.69) is 43.5 Å². The minimum Gasteiger partial charge on any atom is -0.478 e. The van der Waals surface area contributed by atoms with Gasteiger partial charge in [0.15, 0.2) is 5.71 Å². The van der Waals surface area contributed by atoms with E-state index < -0.39 is 29.5 Å². The quantitative estimate of drug-likeness (QED) is 0.0319. The Labute approximate surface area is 248 Å². The van der Waals surface area contributed by atoms with Crippen LogP contribution in [0.1, 0.15) is 36.9 Å². The normalized spacial score (nSPS) is 10.0. The zero-order chi connectivity index (χ0) is 30.4. The summed E-state index contributed by atoms with van der Waals surface area (Å²) in [5, 5.41) is 49.6. The van der Waals surface area contributed by atoms with Crippen molar-refractivity contribution in [1.29, 1.82) is 5.41 Å². The van der Waals surface area contributed by atoms with Crippen LogP contribution in [0.5, 0.6) is 0 Å². The first-order valence-corrected chi connectivity index (χ1v) is 12.9. The van der Waals surface area contributed by atoms with E-state index in [0.29, 0.717) is 0 Å². The van der Waals surface area contributed by atoms with Crippen molar-refractivity contribution < 1.29 is 49.6 Å². The summed E-state index contributed by atoms with van der Waals surface area (Å²) in [5.41, 5.74) is 9.48. The lowest BCUT2D eigenvalue weighted by Gasteiger charge is -1.99. The minimum absolute atomic E-state index is 0. The van der Waals surface area contributed by atoms with Crippen LogP contribution in [0.3, 0.4) is 0 Å².